The van der Waals surface area contributed by atoms with Gasteiger partial charge in [-0.05, 0) is 19.0 Å². The summed E-state index contributed by atoms with van der Waals surface area (Å²) in [5.74, 6) is 0. The van der Waals surface area contributed by atoms with Crippen LogP contribution in [0.4, 0.5) is 5.69 Å². The van der Waals surface area contributed by atoms with Gasteiger partial charge in [-0.15, -0.1) is 0 Å². The second kappa shape index (κ2) is 5.27. The smallest absolute Gasteiger partial charge is 0.131 e. The lowest BCUT2D eigenvalue weighted by atomic mass is 10.0. The first-order valence-corrected chi connectivity index (χ1v) is 4.91. The predicted molar refractivity (Wildman–Crippen MR) is 58.3 cm³/mol. The highest BCUT2D eigenvalue weighted by Crippen LogP contribution is 2.25. The molecule has 1 aromatic rings. The Bertz CT molecular complexity index is 335. The monoisotopic (exact) mass is 231 g/mol. The number of hydrogen-bond donors (Lipinski definition) is 4. The zero-order valence-electron chi connectivity index (χ0n) is 8.10. The molecular formula is C9H14ClN3O2. The van der Waals surface area contributed by atoms with E-state index in [1.54, 1.807) is 0 Å². The van der Waals surface area contributed by atoms with Gasteiger partial charge >= 0.3 is 0 Å². The summed E-state index contributed by atoms with van der Waals surface area (Å²) < 4.78 is 0. The summed E-state index contributed by atoms with van der Waals surface area (Å²) in [5.41, 5.74) is 11.6. The van der Waals surface area contributed by atoms with E-state index in [2.05, 4.69) is 4.98 Å². The second-order valence-corrected chi connectivity index (χ2v) is 3.61. The van der Waals surface area contributed by atoms with E-state index in [1.807, 2.05) is 0 Å². The molecule has 2 unspecified atom stereocenters. The average Bonchev–Trinajstić information content (AvgIpc) is 2.17. The third kappa shape index (κ3) is 3.04. The van der Waals surface area contributed by atoms with Gasteiger partial charge in [-0.2, -0.15) is 0 Å². The fourth-order valence-electron chi connectivity index (χ4n) is 1.24. The van der Waals surface area contributed by atoms with E-state index in [9.17, 15) is 10.2 Å². The molecule has 0 saturated heterocycles. The molecule has 0 amide bonds. The van der Waals surface area contributed by atoms with Gasteiger partial charge in [0.25, 0.3) is 0 Å². The van der Waals surface area contributed by atoms with Crippen LogP contribution in [0.25, 0.3) is 0 Å². The van der Waals surface area contributed by atoms with Gasteiger partial charge in [-0.25, -0.2) is 4.98 Å². The van der Waals surface area contributed by atoms with Crippen LogP contribution in [0.3, 0.4) is 0 Å². The maximum Gasteiger partial charge on any atom is 0.131 e. The SMILES string of the molecule is NCCC(O)C(O)c1cnc(Cl)cc1N. The highest BCUT2D eigenvalue weighted by molar-refractivity contribution is 6.29. The Labute approximate surface area is 92.7 Å². The van der Waals surface area contributed by atoms with Crippen molar-refractivity contribution in [1.29, 1.82) is 0 Å². The van der Waals surface area contributed by atoms with Gasteiger partial charge in [0.1, 0.15) is 11.3 Å². The largest absolute Gasteiger partial charge is 0.398 e. The third-order valence-electron chi connectivity index (χ3n) is 2.08. The fourth-order valence-corrected chi connectivity index (χ4v) is 1.40. The molecule has 0 radical (unpaired) electrons. The van der Waals surface area contributed by atoms with Crippen molar-refractivity contribution in [3.05, 3.63) is 23.0 Å². The van der Waals surface area contributed by atoms with Crippen LogP contribution in [0.2, 0.25) is 5.15 Å². The highest BCUT2D eigenvalue weighted by atomic mass is 35.5. The standard InChI is InChI=1S/C9H14ClN3O2/c10-8-3-6(12)5(4-13-8)9(15)7(14)1-2-11/h3-4,7,9,14-15H,1-2,11H2,(H2,12,13). The van der Waals surface area contributed by atoms with Crippen molar-refractivity contribution < 1.29 is 10.2 Å². The first kappa shape index (κ1) is 12.2. The van der Waals surface area contributed by atoms with Crippen LogP contribution in [0.1, 0.15) is 18.1 Å². The minimum Gasteiger partial charge on any atom is -0.398 e. The Morgan fingerprint density at radius 2 is 2.13 bits per heavy atom. The molecule has 0 spiro atoms. The normalized spacial score (nSPS) is 14.9. The number of aromatic nitrogens is 1. The van der Waals surface area contributed by atoms with Gasteiger partial charge < -0.3 is 21.7 Å². The molecule has 6 N–H and O–H groups in total. The number of rotatable bonds is 4. The molecule has 5 nitrogen and oxygen atoms in total. The molecule has 2 atom stereocenters. The second-order valence-electron chi connectivity index (χ2n) is 3.23. The Balaban J connectivity index is 2.86. The quantitative estimate of drug-likeness (QED) is 0.549. The van der Waals surface area contributed by atoms with Crippen LogP contribution in [0, 0.1) is 0 Å². The average molecular weight is 232 g/mol. The van der Waals surface area contributed by atoms with E-state index in [0.717, 1.165) is 0 Å². The molecule has 1 rings (SSSR count). The van der Waals surface area contributed by atoms with Crippen molar-refractivity contribution in [2.45, 2.75) is 18.6 Å². The molecule has 84 valence electrons. The van der Waals surface area contributed by atoms with Gasteiger partial charge in [0.15, 0.2) is 0 Å². The van der Waals surface area contributed by atoms with Gasteiger partial charge in [0.2, 0.25) is 0 Å². The summed E-state index contributed by atoms with van der Waals surface area (Å²) in [7, 11) is 0. The molecule has 15 heavy (non-hydrogen) atoms. The van der Waals surface area contributed by atoms with Gasteiger partial charge in [0, 0.05) is 17.4 Å². The van der Waals surface area contributed by atoms with E-state index in [1.165, 1.54) is 12.3 Å². The van der Waals surface area contributed by atoms with E-state index in [0.29, 0.717) is 24.2 Å². The maximum absolute atomic E-state index is 9.72. The van der Waals surface area contributed by atoms with Crippen LogP contribution in [-0.4, -0.2) is 27.8 Å². The third-order valence-corrected chi connectivity index (χ3v) is 2.29. The number of aliphatic hydroxyl groups is 2. The summed E-state index contributed by atoms with van der Waals surface area (Å²) in [6.45, 7) is 0.291. The number of nitrogens with two attached hydrogens (primary N) is 2. The molecule has 0 aliphatic rings. The predicted octanol–water partition coefficient (Wildman–Crippen LogP) is 0.0603. The first-order valence-electron chi connectivity index (χ1n) is 4.53. The molecule has 0 bridgehead atoms. The van der Waals surface area contributed by atoms with Gasteiger partial charge in [-0.3, -0.25) is 0 Å². The van der Waals surface area contributed by atoms with Crippen molar-refractivity contribution in [2.75, 3.05) is 12.3 Å². The zero-order chi connectivity index (χ0) is 11.4. The van der Waals surface area contributed by atoms with Crippen LogP contribution >= 0.6 is 11.6 Å². The number of aliphatic hydroxyl groups excluding tert-OH is 2. The number of nitrogen functional groups attached to an aromatic ring is 1. The van der Waals surface area contributed by atoms with Gasteiger partial charge in [0.05, 0.1) is 6.10 Å². The molecule has 0 aliphatic carbocycles. The maximum atomic E-state index is 9.72. The topological polar surface area (TPSA) is 105 Å². The molecular weight excluding hydrogens is 218 g/mol. The minimum atomic E-state index is -1.08. The van der Waals surface area contributed by atoms with E-state index < -0.39 is 12.2 Å². The Hall–Kier alpha value is -0.880. The number of pyridine rings is 1. The number of hydrogen-bond acceptors (Lipinski definition) is 5. The molecule has 1 heterocycles. The van der Waals surface area contributed by atoms with Gasteiger partial charge in [-0.1, -0.05) is 11.6 Å². The van der Waals surface area contributed by atoms with E-state index in [4.69, 9.17) is 23.1 Å². The summed E-state index contributed by atoms with van der Waals surface area (Å²) in [4.78, 5) is 3.79. The number of halogens is 1. The molecule has 0 aromatic carbocycles. The lowest BCUT2D eigenvalue weighted by Gasteiger charge is -2.18. The van der Waals surface area contributed by atoms with Crippen LogP contribution in [-0.2, 0) is 0 Å². The van der Waals surface area contributed by atoms with Crippen molar-refractivity contribution in [3.8, 4) is 0 Å². The first-order chi connectivity index (χ1) is 7.06. The summed E-state index contributed by atoms with van der Waals surface area (Å²) in [6, 6.07) is 1.43. The Kier molecular flexibility index (Phi) is 4.28. The number of nitrogens with zero attached hydrogens (tertiary/aromatic N) is 1. The van der Waals surface area contributed by atoms with Crippen molar-refractivity contribution in [2.24, 2.45) is 5.73 Å². The summed E-state index contributed by atoms with van der Waals surface area (Å²) in [6.07, 6.45) is -0.385. The summed E-state index contributed by atoms with van der Waals surface area (Å²) in [5, 5.41) is 19.5. The Morgan fingerprint density at radius 1 is 1.47 bits per heavy atom. The molecule has 1 aromatic heterocycles. The van der Waals surface area contributed by atoms with Crippen LogP contribution in [0.5, 0.6) is 0 Å². The van der Waals surface area contributed by atoms with Crippen molar-refractivity contribution >= 4 is 17.3 Å². The highest BCUT2D eigenvalue weighted by Gasteiger charge is 2.20. The van der Waals surface area contributed by atoms with Crippen LogP contribution in [0.15, 0.2) is 12.3 Å². The molecule has 0 fully saturated rings. The summed E-state index contributed by atoms with van der Waals surface area (Å²) >= 11 is 5.61. The van der Waals surface area contributed by atoms with Crippen molar-refractivity contribution in [3.63, 3.8) is 0 Å². The molecule has 6 heteroatoms. The van der Waals surface area contributed by atoms with E-state index >= 15 is 0 Å². The van der Waals surface area contributed by atoms with Crippen molar-refractivity contribution in [1.82, 2.24) is 4.98 Å². The molecule has 0 aliphatic heterocycles. The van der Waals surface area contributed by atoms with E-state index in [-0.39, 0.29) is 5.15 Å². The fraction of sp³-hybridized carbons (Fsp3) is 0.444. The minimum absolute atomic E-state index is 0.247. The Morgan fingerprint density at radius 3 is 2.67 bits per heavy atom. The molecule has 0 saturated carbocycles. The zero-order valence-corrected chi connectivity index (χ0v) is 8.85. The lowest BCUT2D eigenvalue weighted by Crippen LogP contribution is -2.22. The number of anilines is 1. The lowest BCUT2D eigenvalue weighted by molar-refractivity contribution is 0.0152. The van der Waals surface area contributed by atoms with Crippen LogP contribution < -0.4 is 11.5 Å².